The molecule has 0 aliphatic carbocycles. The summed E-state index contributed by atoms with van der Waals surface area (Å²) in [7, 11) is 3.24. The molecule has 1 saturated heterocycles. The van der Waals surface area contributed by atoms with E-state index in [0.29, 0.717) is 23.1 Å². The number of benzene rings is 2. The molecule has 1 fully saturated rings. The second-order valence-electron chi connectivity index (χ2n) is 5.71. The Morgan fingerprint density at radius 1 is 1.20 bits per heavy atom. The molecule has 1 heterocycles. The van der Waals surface area contributed by atoms with Crippen molar-refractivity contribution in [3.8, 4) is 11.5 Å². The number of methoxy groups -OCH3 is 2. The summed E-state index contributed by atoms with van der Waals surface area (Å²) in [6.45, 7) is 2.61. The van der Waals surface area contributed by atoms with Gasteiger partial charge in [-0.15, -0.1) is 0 Å². The summed E-state index contributed by atoms with van der Waals surface area (Å²) in [6, 6.07) is 9.69. The second kappa shape index (κ2) is 7.11. The largest absolute Gasteiger partial charge is 0.497 e. The van der Waals surface area contributed by atoms with Crippen LogP contribution in [0.15, 0.2) is 36.0 Å². The van der Waals surface area contributed by atoms with E-state index >= 15 is 0 Å². The summed E-state index contributed by atoms with van der Waals surface area (Å²) in [6.07, 6.45) is 2.64. The molecule has 6 heteroatoms. The van der Waals surface area contributed by atoms with Crippen molar-refractivity contribution in [2.75, 3.05) is 20.8 Å². The van der Waals surface area contributed by atoms with Crippen LogP contribution in [0.4, 0.5) is 0 Å². The Labute approximate surface area is 152 Å². The van der Waals surface area contributed by atoms with Gasteiger partial charge in [-0.3, -0.25) is 9.69 Å². The van der Waals surface area contributed by atoms with Gasteiger partial charge in [0, 0.05) is 12.1 Å². The fourth-order valence-corrected chi connectivity index (χ4v) is 3.18. The molecular weight excluding hydrogens is 336 g/mol. The molecule has 130 valence electrons. The lowest BCUT2D eigenvalue weighted by atomic mass is 10.0. The van der Waals surface area contributed by atoms with Crippen molar-refractivity contribution in [1.29, 1.82) is 0 Å². The highest BCUT2D eigenvalue weighted by Gasteiger charge is 2.30. The molecule has 0 atom stereocenters. The minimum absolute atomic E-state index is 0.117. The quantitative estimate of drug-likeness (QED) is 0.658. The highest BCUT2D eigenvalue weighted by molar-refractivity contribution is 7.80. The first-order valence-electron chi connectivity index (χ1n) is 8.08. The van der Waals surface area contributed by atoms with Gasteiger partial charge in [-0.2, -0.15) is 0 Å². The Bertz CT molecular complexity index is 871. The van der Waals surface area contributed by atoms with Gasteiger partial charge in [0.2, 0.25) is 0 Å². The van der Waals surface area contributed by atoms with E-state index in [-0.39, 0.29) is 5.91 Å². The number of rotatable bonds is 5. The van der Waals surface area contributed by atoms with Crippen molar-refractivity contribution in [2.24, 2.45) is 0 Å². The van der Waals surface area contributed by atoms with Crippen LogP contribution in [0.25, 0.3) is 16.8 Å². The molecule has 2 aromatic rings. The Morgan fingerprint density at radius 2 is 1.96 bits per heavy atom. The molecule has 25 heavy (non-hydrogen) atoms. The van der Waals surface area contributed by atoms with Gasteiger partial charge in [0.25, 0.3) is 5.91 Å². The van der Waals surface area contributed by atoms with Crippen LogP contribution < -0.4 is 14.8 Å². The lowest BCUT2D eigenvalue weighted by molar-refractivity contribution is -0.122. The SMILES string of the molecule is CCCN1C(=O)/C(=C/c2c(OC)ccc3ccc(OC)cc23)NC1=S. The van der Waals surface area contributed by atoms with Gasteiger partial charge >= 0.3 is 0 Å². The van der Waals surface area contributed by atoms with Gasteiger partial charge in [0.1, 0.15) is 17.2 Å². The molecule has 1 amide bonds. The molecule has 0 bridgehead atoms. The van der Waals surface area contributed by atoms with E-state index in [1.807, 2.05) is 37.3 Å². The predicted molar refractivity (Wildman–Crippen MR) is 103 cm³/mol. The monoisotopic (exact) mass is 356 g/mol. The van der Waals surface area contributed by atoms with Crippen molar-refractivity contribution < 1.29 is 14.3 Å². The second-order valence-corrected chi connectivity index (χ2v) is 6.10. The van der Waals surface area contributed by atoms with Gasteiger partial charge in [-0.1, -0.05) is 19.1 Å². The molecule has 0 aromatic heterocycles. The fraction of sp³-hybridized carbons (Fsp3) is 0.263. The molecule has 1 N–H and O–H groups in total. The van der Waals surface area contributed by atoms with Crippen LogP contribution in [0.2, 0.25) is 0 Å². The van der Waals surface area contributed by atoms with Crippen LogP contribution in [0.5, 0.6) is 11.5 Å². The summed E-state index contributed by atoms with van der Waals surface area (Å²) in [5.41, 5.74) is 1.27. The summed E-state index contributed by atoms with van der Waals surface area (Å²) in [4.78, 5) is 14.2. The average Bonchev–Trinajstić information content (AvgIpc) is 2.89. The summed E-state index contributed by atoms with van der Waals surface area (Å²) in [5.74, 6) is 1.31. The zero-order chi connectivity index (χ0) is 18.0. The van der Waals surface area contributed by atoms with Gasteiger partial charge in [0.15, 0.2) is 5.11 Å². The normalized spacial score (nSPS) is 15.8. The lowest BCUT2D eigenvalue weighted by Crippen LogP contribution is -2.31. The molecule has 3 rings (SSSR count). The topological polar surface area (TPSA) is 50.8 Å². The van der Waals surface area contributed by atoms with Crippen LogP contribution >= 0.6 is 12.2 Å². The minimum atomic E-state index is -0.117. The standard InChI is InChI=1S/C19H20N2O3S/c1-4-9-21-18(22)16(20-19(21)25)11-15-14-10-13(23-2)7-5-12(14)6-8-17(15)24-3/h5-8,10-11H,4,9H2,1-3H3,(H,20,25)/b16-11-. The smallest absolute Gasteiger partial charge is 0.276 e. The van der Waals surface area contributed by atoms with Gasteiger partial charge in [-0.25, -0.2) is 0 Å². The van der Waals surface area contributed by atoms with E-state index in [0.717, 1.165) is 28.5 Å². The number of nitrogens with one attached hydrogen (secondary N) is 1. The molecule has 0 saturated carbocycles. The highest BCUT2D eigenvalue weighted by atomic mass is 32.1. The Hall–Kier alpha value is -2.60. The van der Waals surface area contributed by atoms with Crippen molar-refractivity contribution in [3.05, 3.63) is 41.6 Å². The number of fused-ring (bicyclic) bond motifs is 1. The number of carbonyl (C=O) groups excluding carboxylic acids is 1. The fourth-order valence-electron chi connectivity index (χ4n) is 2.90. The molecule has 1 aliphatic rings. The van der Waals surface area contributed by atoms with Crippen LogP contribution in [-0.2, 0) is 4.79 Å². The summed E-state index contributed by atoms with van der Waals surface area (Å²) in [5, 5.41) is 5.43. The van der Waals surface area contributed by atoms with Crippen molar-refractivity contribution in [1.82, 2.24) is 10.2 Å². The van der Waals surface area contributed by atoms with Crippen molar-refractivity contribution in [3.63, 3.8) is 0 Å². The molecule has 0 unspecified atom stereocenters. The Balaban J connectivity index is 2.14. The van der Waals surface area contributed by atoms with E-state index in [2.05, 4.69) is 5.32 Å². The third kappa shape index (κ3) is 3.17. The first-order chi connectivity index (χ1) is 12.1. The maximum absolute atomic E-state index is 12.6. The Kier molecular flexibility index (Phi) is 4.90. The Morgan fingerprint density at radius 3 is 2.64 bits per heavy atom. The maximum atomic E-state index is 12.6. The number of hydrogen-bond donors (Lipinski definition) is 1. The molecule has 5 nitrogen and oxygen atoms in total. The number of nitrogens with zero attached hydrogens (tertiary/aromatic N) is 1. The number of thiocarbonyl (C=S) groups is 1. The van der Waals surface area contributed by atoms with Crippen LogP contribution in [0, 0.1) is 0 Å². The third-order valence-corrected chi connectivity index (χ3v) is 4.47. The maximum Gasteiger partial charge on any atom is 0.276 e. The van der Waals surface area contributed by atoms with E-state index in [1.54, 1.807) is 25.2 Å². The van der Waals surface area contributed by atoms with Crippen molar-refractivity contribution in [2.45, 2.75) is 13.3 Å². The summed E-state index contributed by atoms with van der Waals surface area (Å²) >= 11 is 5.27. The zero-order valence-corrected chi connectivity index (χ0v) is 15.3. The first kappa shape index (κ1) is 17.2. The van der Waals surface area contributed by atoms with E-state index in [4.69, 9.17) is 21.7 Å². The van der Waals surface area contributed by atoms with E-state index in [9.17, 15) is 4.79 Å². The minimum Gasteiger partial charge on any atom is -0.497 e. The third-order valence-electron chi connectivity index (χ3n) is 4.15. The van der Waals surface area contributed by atoms with Crippen LogP contribution in [-0.4, -0.2) is 36.7 Å². The molecular formula is C19H20N2O3S. The molecule has 0 radical (unpaired) electrons. The van der Waals surface area contributed by atoms with Crippen LogP contribution in [0.3, 0.4) is 0 Å². The lowest BCUT2D eigenvalue weighted by Gasteiger charge is -2.12. The number of ether oxygens (including phenoxy) is 2. The van der Waals surface area contributed by atoms with Crippen LogP contribution in [0.1, 0.15) is 18.9 Å². The first-order valence-corrected chi connectivity index (χ1v) is 8.49. The highest BCUT2D eigenvalue weighted by Crippen LogP contribution is 2.33. The average molecular weight is 356 g/mol. The number of carbonyl (C=O) groups is 1. The van der Waals surface area contributed by atoms with Gasteiger partial charge in [0.05, 0.1) is 14.2 Å². The van der Waals surface area contributed by atoms with Gasteiger partial charge < -0.3 is 14.8 Å². The van der Waals surface area contributed by atoms with Gasteiger partial charge in [-0.05, 0) is 53.7 Å². The molecule has 1 aliphatic heterocycles. The van der Waals surface area contributed by atoms with Crippen molar-refractivity contribution >= 4 is 40.1 Å². The zero-order valence-electron chi connectivity index (χ0n) is 14.5. The van der Waals surface area contributed by atoms with E-state index in [1.165, 1.54) is 0 Å². The number of amides is 1. The summed E-state index contributed by atoms with van der Waals surface area (Å²) < 4.78 is 10.8. The number of hydrogen-bond acceptors (Lipinski definition) is 4. The van der Waals surface area contributed by atoms with E-state index < -0.39 is 0 Å². The molecule has 0 spiro atoms. The predicted octanol–water partition coefficient (Wildman–Crippen LogP) is 3.32. The molecule has 2 aromatic carbocycles.